The van der Waals surface area contributed by atoms with E-state index in [-0.39, 0.29) is 17.9 Å². The Hall–Kier alpha value is -2.62. The predicted molar refractivity (Wildman–Crippen MR) is 97.5 cm³/mol. The van der Waals surface area contributed by atoms with Crippen LogP contribution in [0.15, 0.2) is 42.5 Å². The molecule has 0 radical (unpaired) electrons. The highest BCUT2D eigenvalue weighted by molar-refractivity contribution is 6.05. The second-order valence-corrected chi connectivity index (χ2v) is 6.19. The molecule has 4 heteroatoms. The molecule has 0 heterocycles. The lowest BCUT2D eigenvalue weighted by Crippen LogP contribution is -2.31. The van der Waals surface area contributed by atoms with Gasteiger partial charge in [0.1, 0.15) is 0 Å². The molecule has 0 saturated carbocycles. The van der Waals surface area contributed by atoms with Crippen LogP contribution in [0.4, 0.5) is 5.69 Å². The normalized spacial score (nSPS) is 11.7. The van der Waals surface area contributed by atoms with Crippen LogP contribution in [0.1, 0.15) is 52.1 Å². The number of nitrogens with one attached hydrogen (secondary N) is 2. The second kappa shape index (κ2) is 7.77. The zero-order valence-corrected chi connectivity index (χ0v) is 14.6. The van der Waals surface area contributed by atoms with Crippen molar-refractivity contribution >= 4 is 17.5 Å². The number of aryl methyl sites for hydroxylation is 2. The van der Waals surface area contributed by atoms with E-state index >= 15 is 0 Å². The number of carbonyl (C=O) groups excluding carboxylic acids is 2. The summed E-state index contributed by atoms with van der Waals surface area (Å²) >= 11 is 0. The van der Waals surface area contributed by atoms with Crippen LogP contribution >= 0.6 is 0 Å². The van der Waals surface area contributed by atoms with Crippen LogP contribution in [0.3, 0.4) is 0 Å². The number of benzene rings is 2. The third-order valence-corrected chi connectivity index (χ3v) is 3.88. The molecule has 0 aliphatic rings. The summed E-state index contributed by atoms with van der Waals surface area (Å²) in [6.07, 6.45) is 0.877. The van der Waals surface area contributed by atoms with Crippen molar-refractivity contribution in [1.29, 1.82) is 0 Å². The summed E-state index contributed by atoms with van der Waals surface area (Å²) < 4.78 is 0. The van der Waals surface area contributed by atoms with Crippen molar-refractivity contribution in [3.63, 3.8) is 0 Å². The maximum absolute atomic E-state index is 12.3. The van der Waals surface area contributed by atoms with Crippen LogP contribution < -0.4 is 10.6 Å². The Kier molecular flexibility index (Phi) is 5.74. The monoisotopic (exact) mass is 324 g/mol. The summed E-state index contributed by atoms with van der Waals surface area (Å²) in [7, 11) is 0. The maximum Gasteiger partial charge on any atom is 0.255 e. The van der Waals surface area contributed by atoms with E-state index in [2.05, 4.69) is 16.7 Å². The van der Waals surface area contributed by atoms with Gasteiger partial charge in [0.05, 0.1) is 0 Å². The minimum Gasteiger partial charge on any atom is -0.350 e. The van der Waals surface area contributed by atoms with Crippen molar-refractivity contribution < 1.29 is 9.59 Å². The minimum absolute atomic E-state index is 0.120. The molecule has 0 saturated heterocycles. The Morgan fingerprint density at radius 3 is 1.92 bits per heavy atom. The van der Waals surface area contributed by atoms with Crippen molar-refractivity contribution in [2.24, 2.45) is 0 Å². The lowest BCUT2D eigenvalue weighted by atomic mass is 10.1. The van der Waals surface area contributed by atoms with Gasteiger partial charge in [-0.1, -0.05) is 13.0 Å². The molecule has 2 N–H and O–H groups in total. The van der Waals surface area contributed by atoms with Gasteiger partial charge in [-0.25, -0.2) is 0 Å². The molecule has 24 heavy (non-hydrogen) atoms. The van der Waals surface area contributed by atoms with Crippen molar-refractivity contribution in [3.05, 3.63) is 64.7 Å². The molecule has 0 aromatic heterocycles. The molecule has 1 unspecified atom stereocenters. The number of amides is 2. The topological polar surface area (TPSA) is 58.2 Å². The molecule has 1 atom stereocenters. The van der Waals surface area contributed by atoms with Crippen LogP contribution in [0.25, 0.3) is 0 Å². The molecule has 126 valence electrons. The van der Waals surface area contributed by atoms with E-state index in [1.807, 2.05) is 39.8 Å². The Labute approximate surface area is 143 Å². The number of rotatable bonds is 5. The minimum atomic E-state index is -0.186. The summed E-state index contributed by atoms with van der Waals surface area (Å²) in [4.78, 5) is 24.4. The first kappa shape index (κ1) is 17.7. The molecule has 0 aliphatic heterocycles. The fourth-order valence-corrected chi connectivity index (χ4v) is 2.43. The molecule has 0 bridgehead atoms. The van der Waals surface area contributed by atoms with Gasteiger partial charge in [-0.05, 0) is 74.7 Å². The van der Waals surface area contributed by atoms with Crippen molar-refractivity contribution in [1.82, 2.24) is 5.32 Å². The number of anilines is 1. The Morgan fingerprint density at radius 2 is 1.42 bits per heavy atom. The van der Waals surface area contributed by atoms with E-state index in [4.69, 9.17) is 0 Å². The molecular weight excluding hydrogens is 300 g/mol. The predicted octanol–water partition coefficient (Wildman–Crippen LogP) is 4.08. The van der Waals surface area contributed by atoms with E-state index in [1.165, 1.54) is 0 Å². The van der Waals surface area contributed by atoms with Gasteiger partial charge in [0, 0.05) is 22.9 Å². The zero-order chi connectivity index (χ0) is 17.7. The molecule has 2 aromatic carbocycles. The summed E-state index contributed by atoms with van der Waals surface area (Å²) in [6, 6.07) is 12.7. The molecule has 2 rings (SSSR count). The fraction of sp³-hybridized carbons (Fsp3) is 0.300. The van der Waals surface area contributed by atoms with Crippen molar-refractivity contribution in [3.8, 4) is 0 Å². The van der Waals surface area contributed by atoms with E-state index in [0.717, 1.165) is 23.2 Å². The van der Waals surface area contributed by atoms with Gasteiger partial charge in [0.25, 0.3) is 11.8 Å². The molecule has 4 nitrogen and oxygen atoms in total. The lowest BCUT2D eigenvalue weighted by Gasteiger charge is -2.12. The first-order chi connectivity index (χ1) is 11.4. The van der Waals surface area contributed by atoms with Crippen LogP contribution in [-0.4, -0.2) is 17.9 Å². The van der Waals surface area contributed by atoms with E-state index < -0.39 is 0 Å². The van der Waals surface area contributed by atoms with Crippen LogP contribution in [0.2, 0.25) is 0 Å². The highest BCUT2D eigenvalue weighted by Gasteiger charge is 2.11. The van der Waals surface area contributed by atoms with Crippen molar-refractivity contribution in [2.75, 3.05) is 5.32 Å². The maximum atomic E-state index is 12.3. The molecule has 2 aromatic rings. The average Bonchev–Trinajstić information content (AvgIpc) is 2.53. The summed E-state index contributed by atoms with van der Waals surface area (Å²) in [5.41, 5.74) is 4.05. The van der Waals surface area contributed by atoms with Crippen LogP contribution in [0, 0.1) is 13.8 Å². The number of carbonyl (C=O) groups is 2. The first-order valence-electron chi connectivity index (χ1n) is 8.19. The van der Waals surface area contributed by atoms with E-state index in [9.17, 15) is 9.59 Å². The van der Waals surface area contributed by atoms with E-state index in [0.29, 0.717) is 11.1 Å². The summed E-state index contributed by atoms with van der Waals surface area (Å²) in [5, 5.41) is 5.80. The third-order valence-electron chi connectivity index (χ3n) is 3.88. The Morgan fingerprint density at radius 1 is 0.917 bits per heavy atom. The van der Waals surface area contributed by atoms with Gasteiger partial charge in [0.2, 0.25) is 0 Å². The smallest absolute Gasteiger partial charge is 0.255 e. The van der Waals surface area contributed by atoms with Gasteiger partial charge in [-0.2, -0.15) is 0 Å². The summed E-state index contributed by atoms with van der Waals surface area (Å²) in [5.74, 6) is -0.306. The van der Waals surface area contributed by atoms with Crippen LogP contribution in [0.5, 0.6) is 0 Å². The summed E-state index contributed by atoms with van der Waals surface area (Å²) in [6.45, 7) is 7.97. The number of hydrogen-bond donors (Lipinski definition) is 2. The molecule has 0 spiro atoms. The van der Waals surface area contributed by atoms with Crippen LogP contribution in [-0.2, 0) is 0 Å². The van der Waals surface area contributed by atoms with Gasteiger partial charge < -0.3 is 10.6 Å². The zero-order valence-electron chi connectivity index (χ0n) is 14.6. The standard InChI is InChI=1S/C20H24N2O2/c1-5-15(4)21-19(23)16-6-8-17(9-7-16)20(24)22-18-11-13(2)10-14(3)12-18/h6-12,15H,5H2,1-4H3,(H,21,23)(H,22,24). The van der Waals surface area contributed by atoms with Gasteiger partial charge >= 0.3 is 0 Å². The second-order valence-electron chi connectivity index (χ2n) is 6.19. The highest BCUT2D eigenvalue weighted by Crippen LogP contribution is 2.15. The van der Waals surface area contributed by atoms with E-state index in [1.54, 1.807) is 24.3 Å². The molecular formula is C20H24N2O2. The highest BCUT2D eigenvalue weighted by atomic mass is 16.2. The van der Waals surface area contributed by atoms with Crippen molar-refractivity contribution in [2.45, 2.75) is 40.2 Å². The molecule has 2 amide bonds. The fourth-order valence-electron chi connectivity index (χ4n) is 2.43. The largest absolute Gasteiger partial charge is 0.350 e. The Balaban J connectivity index is 2.07. The van der Waals surface area contributed by atoms with Gasteiger partial charge in [-0.3, -0.25) is 9.59 Å². The molecule has 0 aliphatic carbocycles. The quantitative estimate of drug-likeness (QED) is 0.870. The SMILES string of the molecule is CCC(C)NC(=O)c1ccc(C(=O)Nc2cc(C)cc(C)c2)cc1. The first-order valence-corrected chi connectivity index (χ1v) is 8.19. The number of hydrogen-bond acceptors (Lipinski definition) is 2. The Bertz CT molecular complexity index is 716. The average molecular weight is 324 g/mol. The lowest BCUT2D eigenvalue weighted by molar-refractivity contribution is 0.0937. The molecule has 0 fully saturated rings. The van der Waals surface area contributed by atoms with Gasteiger partial charge in [-0.15, -0.1) is 0 Å². The third kappa shape index (κ3) is 4.69. The van der Waals surface area contributed by atoms with Gasteiger partial charge in [0.15, 0.2) is 0 Å².